The second kappa shape index (κ2) is 7.48. The third-order valence-corrected chi connectivity index (χ3v) is 4.60. The SMILES string of the molecule is Cc1cc([N+](=O)[O-])c(C(C)C)cc1-c1cc[n+](Cc2ccccc2)cc1. The van der Waals surface area contributed by atoms with Gasteiger partial charge in [0.25, 0.3) is 5.69 Å². The molecule has 0 radical (unpaired) electrons. The van der Waals surface area contributed by atoms with Crippen LogP contribution in [-0.2, 0) is 6.54 Å². The highest BCUT2D eigenvalue weighted by Crippen LogP contribution is 2.33. The molecular weight excluding hydrogens is 324 g/mol. The van der Waals surface area contributed by atoms with Gasteiger partial charge in [0, 0.05) is 29.3 Å². The molecule has 3 rings (SSSR count). The number of aryl methyl sites for hydroxylation is 1. The molecule has 4 heteroatoms. The van der Waals surface area contributed by atoms with Crippen LogP contribution >= 0.6 is 0 Å². The highest BCUT2D eigenvalue weighted by atomic mass is 16.6. The van der Waals surface area contributed by atoms with E-state index in [4.69, 9.17) is 0 Å². The summed E-state index contributed by atoms with van der Waals surface area (Å²) in [4.78, 5) is 11.1. The van der Waals surface area contributed by atoms with Crippen molar-refractivity contribution in [1.29, 1.82) is 0 Å². The van der Waals surface area contributed by atoms with Crippen molar-refractivity contribution in [2.24, 2.45) is 0 Å². The molecule has 0 amide bonds. The molecule has 0 bridgehead atoms. The maximum Gasteiger partial charge on any atom is 0.273 e. The lowest BCUT2D eigenvalue weighted by Crippen LogP contribution is -2.32. The zero-order chi connectivity index (χ0) is 18.7. The molecule has 26 heavy (non-hydrogen) atoms. The van der Waals surface area contributed by atoms with E-state index in [2.05, 4.69) is 41.2 Å². The molecule has 0 saturated heterocycles. The van der Waals surface area contributed by atoms with E-state index in [-0.39, 0.29) is 16.5 Å². The van der Waals surface area contributed by atoms with E-state index in [1.807, 2.05) is 45.0 Å². The number of hydrogen-bond acceptors (Lipinski definition) is 2. The average molecular weight is 347 g/mol. The van der Waals surface area contributed by atoms with E-state index in [9.17, 15) is 10.1 Å². The number of nitrogens with zero attached hydrogens (tertiary/aromatic N) is 2. The van der Waals surface area contributed by atoms with Crippen LogP contribution < -0.4 is 4.57 Å². The van der Waals surface area contributed by atoms with Crippen molar-refractivity contribution >= 4 is 5.69 Å². The Kier molecular flexibility index (Phi) is 5.12. The van der Waals surface area contributed by atoms with Crippen molar-refractivity contribution in [1.82, 2.24) is 0 Å². The van der Waals surface area contributed by atoms with Crippen molar-refractivity contribution in [3.8, 4) is 11.1 Å². The molecule has 3 aromatic rings. The maximum absolute atomic E-state index is 11.3. The van der Waals surface area contributed by atoms with Crippen LogP contribution in [0.5, 0.6) is 0 Å². The minimum Gasteiger partial charge on any atom is -0.258 e. The van der Waals surface area contributed by atoms with Crippen molar-refractivity contribution in [2.45, 2.75) is 33.2 Å². The molecule has 2 aromatic carbocycles. The van der Waals surface area contributed by atoms with Gasteiger partial charge in [0.1, 0.15) is 0 Å². The first-order valence-electron chi connectivity index (χ1n) is 8.78. The summed E-state index contributed by atoms with van der Waals surface area (Å²) >= 11 is 0. The first-order valence-corrected chi connectivity index (χ1v) is 8.78. The van der Waals surface area contributed by atoms with Crippen molar-refractivity contribution in [3.05, 3.63) is 93.8 Å². The lowest BCUT2D eigenvalue weighted by atomic mass is 9.92. The summed E-state index contributed by atoms with van der Waals surface area (Å²) in [5.41, 5.74) is 5.27. The van der Waals surface area contributed by atoms with E-state index in [0.717, 1.165) is 28.8 Å². The van der Waals surface area contributed by atoms with Crippen molar-refractivity contribution in [2.75, 3.05) is 0 Å². The first kappa shape index (κ1) is 17.8. The third kappa shape index (κ3) is 3.80. The molecule has 0 aliphatic carbocycles. The third-order valence-electron chi connectivity index (χ3n) is 4.60. The van der Waals surface area contributed by atoms with Gasteiger partial charge < -0.3 is 0 Å². The Morgan fingerprint density at radius 1 is 1.04 bits per heavy atom. The van der Waals surface area contributed by atoms with Crippen LogP contribution in [0.2, 0.25) is 0 Å². The zero-order valence-corrected chi connectivity index (χ0v) is 15.3. The molecule has 132 valence electrons. The number of hydrogen-bond donors (Lipinski definition) is 0. The van der Waals surface area contributed by atoms with Gasteiger partial charge in [0.15, 0.2) is 18.9 Å². The summed E-state index contributed by atoms with van der Waals surface area (Å²) in [5, 5.41) is 11.3. The molecule has 0 aliphatic rings. The number of aromatic nitrogens is 1. The highest BCUT2D eigenvalue weighted by molar-refractivity contribution is 5.70. The van der Waals surface area contributed by atoms with Gasteiger partial charge in [-0.25, -0.2) is 4.57 Å². The van der Waals surface area contributed by atoms with Crippen LogP contribution in [0.4, 0.5) is 5.69 Å². The Morgan fingerprint density at radius 3 is 2.27 bits per heavy atom. The van der Waals surface area contributed by atoms with Crippen LogP contribution in [0.1, 0.15) is 36.5 Å². The van der Waals surface area contributed by atoms with Gasteiger partial charge in [-0.05, 0) is 35.6 Å². The number of nitro groups is 1. The second-order valence-corrected chi connectivity index (χ2v) is 6.88. The van der Waals surface area contributed by atoms with Crippen LogP contribution in [0.15, 0.2) is 67.0 Å². The van der Waals surface area contributed by atoms with E-state index < -0.39 is 0 Å². The summed E-state index contributed by atoms with van der Waals surface area (Å²) in [5.74, 6) is 0.0986. The van der Waals surface area contributed by atoms with E-state index in [0.29, 0.717) is 0 Å². The van der Waals surface area contributed by atoms with Crippen LogP contribution in [0, 0.1) is 17.0 Å². The summed E-state index contributed by atoms with van der Waals surface area (Å²) in [6.45, 7) is 6.72. The Hall–Kier alpha value is -3.01. The van der Waals surface area contributed by atoms with Gasteiger partial charge in [-0.15, -0.1) is 0 Å². The number of nitro benzene ring substituents is 1. The molecule has 0 saturated carbocycles. The van der Waals surface area contributed by atoms with Crippen molar-refractivity contribution in [3.63, 3.8) is 0 Å². The van der Waals surface area contributed by atoms with Gasteiger partial charge >= 0.3 is 0 Å². The standard InChI is InChI=1S/C22H23N2O2/c1-16(2)20-14-21(17(3)13-22(20)24(25)26)19-9-11-23(12-10-19)15-18-7-5-4-6-8-18/h4-14,16H,15H2,1-3H3/q+1. The van der Waals surface area contributed by atoms with Gasteiger partial charge in [0.2, 0.25) is 0 Å². The Labute approximate surface area is 153 Å². The van der Waals surface area contributed by atoms with E-state index >= 15 is 0 Å². The van der Waals surface area contributed by atoms with Gasteiger partial charge in [-0.3, -0.25) is 10.1 Å². The molecule has 0 N–H and O–H groups in total. The van der Waals surface area contributed by atoms with Gasteiger partial charge in [-0.1, -0.05) is 44.2 Å². The monoisotopic (exact) mass is 347 g/mol. The van der Waals surface area contributed by atoms with Crippen LogP contribution in [0.25, 0.3) is 11.1 Å². The molecule has 0 fully saturated rings. The average Bonchev–Trinajstić information content (AvgIpc) is 2.63. The molecule has 0 unspecified atom stereocenters. The molecule has 4 nitrogen and oxygen atoms in total. The topological polar surface area (TPSA) is 47.0 Å². The van der Waals surface area contributed by atoms with E-state index in [1.54, 1.807) is 6.07 Å². The molecule has 0 atom stereocenters. The Morgan fingerprint density at radius 2 is 1.69 bits per heavy atom. The minimum absolute atomic E-state index is 0.0986. The summed E-state index contributed by atoms with van der Waals surface area (Å²) < 4.78 is 2.13. The molecular formula is C22H23N2O2+. The fourth-order valence-electron chi connectivity index (χ4n) is 3.18. The lowest BCUT2D eigenvalue weighted by Gasteiger charge is -2.12. The predicted molar refractivity (Wildman–Crippen MR) is 103 cm³/mol. The molecule has 0 aliphatic heterocycles. The Balaban J connectivity index is 1.94. The number of pyridine rings is 1. The number of rotatable bonds is 5. The van der Waals surface area contributed by atoms with Crippen molar-refractivity contribution < 1.29 is 9.49 Å². The minimum atomic E-state index is -0.287. The summed E-state index contributed by atoms with van der Waals surface area (Å²) in [6, 6.07) is 18.1. The van der Waals surface area contributed by atoms with Gasteiger partial charge in [0.05, 0.1) is 4.92 Å². The largest absolute Gasteiger partial charge is 0.273 e. The first-order chi connectivity index (χ1) is 12.5. The maximum atomic E-state index is 11.3. The predicted octanol–water partition coefficient (Wildman–Crippen LogP) is 5.03. The quantitative estimate of drug-likeness (QED) is 0.369. The molecule has 1 aromatic heterocycles. The van der Waals surface area contributed by atoms with Crippen LogP contribution in [0.3, 0.4) is 0 Å². The molecule has 0 spiro atoms. The normalized spacial score (nSPS) is 10.9. The zero-order valence-electron chi connectivity index (χ0n) is 15.3. The summed E-state index contributed by atoms with van der Waals surface area (Å²) in [7, 11) is 0. The lowest BCUT2D eigenvalue weighted by molar-refractivity contribution is -0.688. The van der Waals surface area contributed by atoms with Crippen LogP contribution in [-0.4, -0.2) is 4.92 Å². The fraction of sp³-hybridized carbons (Fsp3) is 0.227. The smallest absolute Gasteiger partial charge is 0.258 e. The summed E-state index contributed by atoms with van der Waals surface area (Å²) in [6.07, 6.45) is 4.11. The Bertz CT molecular complexity index is 917. The second-order valence-electron chi connectivity index (χ2n) is 6.88. The van der Waals surface area contributed by atoms with E-state index in [1.165, 1.54) is 5.56 Å². The fourth-order valence-corrected chi connectivity index (χ4v) is 3.18. The molecule has 1 heterocycles. The van der Waals surface area contributed by atoms with Gasteiger partial charge in [-0.2, -0.15) is 0 Å². The number of benzene rings is 2. The highest BCUT2D eigenvalue weighted by Gasteiger charge is 2.19.